The number of hydrogen-bond acceptors (Lipinski definition) is 14. The molecule has 0 aliphatic carbocycles. The highest BCUT2D eigenvalue weighted by atomic mass is 32.2. The number of aliphatic imine (C=N–C) groups is 1. The van der Waals surface area contributed by atoms with Gasteiger partial charge in [-0.1, -0.05) is 11.8 Å². The van der Waals surface area contributed by atoms with E-state index in [0.717, 1.165) is 32.4 Å². The summed E-state index contributed by atoms with van der Waals surface area (Å²) in [7, 11) is 0. The van der Waals surface area contributed by atoms with E-state index >= 15 is 0 Å². The number of nitroso groups, excluding NO2 is 1. The molecular weight excluding hydrogens is 589 g/mol. The number of thiazole rings is 1. The fourth-order valence-electron chi connectivity index (χ4n) is 3.71. The molecule has 4 heterocycles. The quantitative estimate of drug-likeness (QED) is 0.0739. The van der Waals surface area contributed by atoms with Crippen molar-refractivity contribution in [1.29, 1.82) is 0 Å². The molecule has 2 aromatic heterocycles. The number of nitrogens with one attached hydrogen (secondary N) is 1. The van der Waals surface area contributed by atoms with Crippen LogP contribution in [0.3, 0.4) is 0 Å². The third-order valence-electron chi connectivity index (χ3n) is 5.53. The molecule has 2 aliphatic rings. The molecule has 18 heteroatoms. The van der Waals surface area contributed by atoms with Gasteiger partial charge in [0.2, 0.25) is 6.04 Å². The Kier molecular flexibility index (Phi) is 9.44. The van der Waals surface area contributed by atoms with Crippen LogP contribution in [0.15, 0.2) is 54.4 Å². The summed E-state index contributed by atoms with van der Waals surface area (Å²) >= 11 is 4.91. The predicted molar refractivity (Wildman–Crippen MR) is 149 cm³/mol. The Morgan fingerprint density at radius 2 is 2.18 bits per heavy atom. The van der Waals surface area contributed by atoms with Gasteiger partial charge in [-0.15, -0.1) is 39.8 Å². The number of aliphatic hydroxyl groups excluding tert-OH is 1. The van der Waals surface area contributed by atoms with E-state index in [0.29, 0.717) is 10.7 Å². The zero-order valence-corrected chi connectivity index (χ0v) is 23.1. The van der Waals surface area contributed by atoms with Gasteiger partial charge in [0, 0.05) is 44.0 Å². The van der Waals surface area contributed by atoms with Crippen molar-refractivity contribution in [2.75, 3.05) is 23.8 Å². The molecule has 0 bridgehead atoms. The largest absolute Gasteiger partial charge is 0.477 e. The number of fused-ring (bicyclic) bond motifs is 1. The number of aliphatic carboxylic acids is 1. The number of nitrogens with zero attached hydrogens (tertiary/aromatic N) is 5. The minimum absolute atomic E-state index is 0.0703. The number of hydrogen-bond donors (Lipinski definition) is 5. The number of pyridine rings is 1. The average molecular weight is 611 g/mol. The highest BCUT2D eigenvalue weighted by molar-refractivity contribution is 8.07. The first-order valence-corrected chi connectivity index (χ1v) is 14.9. The number of carbonyl (C=O) groups is 3. The monoisotopic (exact) mass is 610 g/mol. The van der Waals surface area contributed by atoms with Gasteiger partial charge in [0.15, 0.2) is 5.13 Å². The van der Waals surface area contributed by atoms with E-state index in [1.165, 1.54) is 40.7 Å². The summed E-state index contributed by atoms with van der Waals surface area (Å²) in [5.74, 6) is -2.05. The highest BCUT2D eigenvalue weighted by Crippen LogP contribution is 2.46. The third-order valence-corrected chi connectivity index (χ3v) is 10.2. The Morgan fingerprint density at radius 1 is 1.38 bits per heavy atom. The maximum absolute atomic E-state index is 13.0. The van der Waals surface area contributed by atoms with Crippen LogP contribution in [0.5, 0.6) is 0 Å². The van der Waals surface area contributed by atoms with Crippen molar-refractivity contribution in [3.8, 4) is 0 Å². The number of rotatable bonds is 12. The molecule has 0 radical (unpaired) electrons. The van der Waals surface area contributed by atoms with Crippen molar-refractivity contribution in [3.05, 3.63) is 45.0 Å². The minimum Gasteiger partial charge on any atom is -0.477 e. The zero-order chi connectivity index (χ0) is 28.1. The summed E-state index contributed by atoms with van der Waals surface area (Å²) in [4.78, 5) is 64.4. The molecule has 0 aromatic carbocycles. The molecule has 7 N–H and O–H groups in total. The molecule has 4 rings (SSSR count). The highest BCUT2D eigenvalue weighted by Gasteiger charge is 2.54. The fourth-order valence-corrected chi connectivity index (χ4v) is 7.96. The van der Waals surface area contributed by atoms with Gasteiger partial charge >= 0.3 is 5.97 Å². The maximum atomic E-state index is 13.0. The molecule has 2 aromatic rings. The Bertz CT molecular complexity index is 1340. The summed E-state index contributed by atoms with van der Waals surface area (Å²) in [6, 6.07) is -1.20. The summed E-state index contributed by atoms with van der Waals surface area (Å²) in [6.07, 6.45) is 4.33. The van der Waals surface area contributed by atoms with Crippen LogP contribution in [-0.2, 0) is 14.4 Å². The van der Waals surface area contributed by atoms with E-state index in [-0.39, 0.29) is 28.9 Å². The molecule has 1 fully saturated rings. The van der Waals surface area contributed by atoms with Gasteiger partial charge in [-0.05, 0) is 11.2 Å². The van der Waals surface area contributed by atoms with Crippen LogP contribution in [0.2, 0.25) is 0 Å². The van der Waals surface area contributed by atoms with Crippen LogP contribution < -0.4 is 16.8 Å². The van der Waals surface area contributed by atoms with Crippen molar-refractivity contribution in [2.24, 2.45) is 15.9 Å². The Hall–Kier alpha value is -3.19. The van der Waals surface area contributed by atoms with E-state index in [4.69, 9.17) is 11.5 Å². The number of aliphatic hydroxyl groups is 1. The summed E-state index contributed by atoms with van der Waals surface area (Å²) < 4.78 is 0. The predicted octanol–water partition coefficient (Wildman–Crippen LogP) is 0.856. The van der Waals surface area contributed by atoms with Crippen LogP contribution in [0.4, 0.5) is 5.13 Å². The van der Waals surface area contributed by atoms with E-state index < -0.39 is 41.3 Å². The Labute approximate surface area is 238 Å². The Balaban J connectivity index is 1.50. The Morgan fingerprint density at radius 3 is 2.82 bits per heavy atom. The summed E-state index contributed by atoms with van der Waals surface area (Å²) in [6.45, 7) is -0.188. The molecule has 206 valence electrons. The molecule has 2 unspecified atom stereocenters. The van der Waals surface area contributed by atoms with Crippen molar-refractivity contribution in [2.45, 2.75) is 33.3 Å². The van der Waals surface area contributed by atoms with Gasteiger partial charge in [-0.25, -0.2) is 9.78 Å². The summed E-state index contributed by atoms with van der Waals surface area (Å²) in [5, 5.41) is 25.7. The van der Waals surface area contributed by atoms with Gasteiger partial charge in [-0.2, -0.15) is 0 Å². The number of carboxylic acid groups (broad SMARTS) is 1. The number of amides is 2. The van der Waals surface area contributed by atoms with Gasteiger partial charge < -0.3 is 27.0 Å². The number of thioether (sulfide) groups is 3. The van der Waals surface area contributed by atoms with Gasteiger partial charge in [0.25, 0.3) is 11.8 Å². The third kappa shape index (κ3) is 6.19. The van der Waals surface area contributed by atoms with Crippen molar-refractivity contribution in [3.63, 3.8) is 0 Å². The number of carbonyl (C=O) groups excluding carboxylic acids is 2. The van der Waals surface area contributed by atoms with Gasteiger partial charge in [0.05, 0.1) is 24.7 Å². The molecular formula is C21H22N8O6S4. The van der Waals surface area contributed by atoms with Gasteiger partial charge in [0.1, 0.15) is 17.1 Å². The van der Waals surface area contributed by atoms with E-state index in [1.807, 2.05) is 0 Å². The lowest BCUT2D eigenvalue weighted by Crippen LogP contribution is -2.70. The number of anilines is 1. The van der Waals surface area contributed by atoms with Crippen LogP contribution in [0.25, 0.3) is 0 Å². The van der Waals surface area contributed by atoms with E-state index in [1.54, 1.807) is 18.5 Å². The van der Waals surface area contributed by atoms with E-state index in [2.05, 4.69) is 25.5 Å². The lowest BCUT2D eigenvalue weighted by atomic mass is 10.0. The fraction of sp³-hybridized carbons (Fsp3) is 0.333. The molecule has 14 nitrogen and oxygen atoms in total. The molecule has 39 heavy (non-hydrogen) atoms. The normalized spacial score (nSPS) is 20.3. The molecule has 0 saturated carbocycles. The van der Waals surface area contributed by atoms with Crippen LogP contribution in [-0.4, -0.2) is 84.8 Å². The minimum atomic E-state index is -1.49. The van der Waals surface area contributed by atoms with Crippen LogP contribution in [0, 0.1) is 4.91 Å². The lowest BCUT2D eigenvalue weighted by Gasteiger charge is -2.49. The van der Waals surface area contributed by atoms with Crippen LogP contribution in [0.1, 0.15) is 11.7 Å². The molecule has 0 spiro atoms. The lowest BCUT2D eigenvalue weighted by molar-refractivity contribution is -0.150. The van der Waals surface area contributed by atoms with Crippen molar-refractivity contribution < 1.29 is 24.6 Å². The maximum Gasteiger partial charge on any atom is 0.353 e. The number of nitrogen functional groups attached to an aromatic ring is 1. The second kappa shape index (κ2) is 12.8. The number of carboxylic acids is 1. The second-order valence-corrected chi connectivity index (χ2v) is 12.2. The standard InChI is InChI=1S/C21H22N8O6S4/c22-8-25-9(4-30)5-36-12-3-24-2-1-11(12)39-13-7-37-19-15(18(32)29(19)16(13)20(33)34)27-17(31)14(28-35)10-6-38-21(23)26-10/h1-3,6,8-9,14-15,19,30H,4-5,7H2,(H2,22,25)(H2,23,26)(H,27,31)(H,33,34)/t9?,14?,15-,19+/m1/s1. The number of aromatic nitrogens is 2. The molecule has 1 saturated heterocycles. The van der Waals surface area contributed by atoms with Crippen molar-refractivity contribution in [1.82, 2.24) is 20.2 Å². The number of β-lactam (4-membered cyclic amide) rings is 1. The van der Waals surface area contributed by atoms with Crippen LogP contribution >= 0.6 is 46.6 Å². The first-order chi connectivity index (χ1) is 18.8. The first-order valence-electron chi connectivity index (χ1n) is 11.1. The second-order valence-electron chi connectivity index (χ2n) is 7.96. The van der Waals surface area contributed by atoms with Gasteiger partial charge in [-0.3, -0.25) is 24.5 Å². The van der Waals surface area contributed by atoms with Crippen molar-refractivity contribution >= 4 is 75.9 Å². The first kappa shape index (κ1) is 28.8. The molecule has 4 atom stereocenters. The smallest absolute Gasteiger partial charge is 0.353 e. The topological polar surface area (TPSA) is 227 Å². The summed E-state index contributed by atoms with van der Waals surface area (Å²) in [5.41, 5.74) is 10.8. The van der Waals surface area contributed by atoms with E-state index in [9.17, 15) is 29.5 Å². The molecule has 2 aliphatic heterocycles. The average Bonchev–Trinajstić information content (AvgIpc) is 3.35. The SMILES string of the molecule is NC=NC(CO)CSc1cnccc1SC1=C(C(=O)O)N2C(=O)[C@@H](NC(=O)C(N=O)c3csc(N)n3)[C@@H]2SC1. The molecule has 2 amide bonds. The number of nitrogens with two attached hydrogens (primary N) is 2. The zero-order valence-electron chi connectivity index (χ0n) is 19.9.